The van der Waals surface area contributed by atoms with Crippen LogP contribution in [0.15, 0.2) is 46.1 Å². The van der Waals surface area contributed by atoms with Crippen LogP contribution in [0, 0.1) is 0 Å². The lowest BCUT2D eigenvalue weighted by Crippen LogP contribution is -2.33. The summed E-state index contributed by atoms with van der Waals surface area (Å²) < 4.78 is 46.0. The van der Waals surface area contributed by atoms with Crippen LogP contribution in [0.4, 0.5) is 8.78 Å². The molecular formula is C17H17ClF2N3O6P. The number of aldehydes is 1. The van der Waals surface area contributed by atoms with E-state index in [0.717, 1.165) is 10.8 Å². The molecule has 1 aliphatic rings. The first kappa shape index (κ1) is 22.5. The second-order valence-corrected chi connectivity index (χ2v) is 7.85. The molecule has 2 heterocycles. The van der Waals surface area contributed by atoms with E-state index in [1.807, 2.05) is 4.98 Å². The van der Waals surface area contributed by atoms with Crippen LogP contribution in [0.25, 0.3) is 0 Å². The SMILES string of the molecule is O=CCNP(OCC1OC(n2cc(Cl)c(=O)[nH]c2=O)CC1(F)F)Oc1ccccc1. The number of rotatable bonds is 9. The average Bonchev–Trinajstić information content (AvgIpc) is 3.01. The first-order valence-electron chi connectivity index (χ1n) is 8.67. The summed E-state index contributed by atoms with van der Waals surface area (Å²) >= 11 is 5.68. The van der Waals surface area contributed by atoms with Gasteiger partial charge < -0.3 is 18.6 Å². The van der Waals surface area contributed by atoms with Crippen LogP contribution in [-0.4, -0.2) is 41.0 Å². The monoisotopic (exact) mass is 463 g/mol. The van der Waals surface area contributed by atoms with Crippen molar-refractivity contribution in [3.63, 3.8) is 0 Å². The van der Waals surface area contributed by atoms with Crippen LogP contribution in [-0.2, 0) is 14.1 Å². The Kier molecular flexibility index (Phi) is 7.32. The van der Waals surface area contributed by atoms with Gasteiger partial charge in [-0.05, 0) is 12.1 Å². The van der Waals surface area contributed by atoms with Crippen molar-refractivity contribution >= 4 is 26.4 Å². The quantitative estimate of drug-likeness (QED) is 0.433. The molecule has 9 nitrogen and oxygen atoms in total. The second kappa shape index (κ2) is 9.76. The molecule has 1 aromatic carbocycles. The average molecular weight is 464 g/mol. The molecule has 30 heavy (non-hydrogen) atoms. The van der Waals surface area contributed by atoms with Gasteiger partial charge in [0.15, 0.2) is 0 Å². The van der Waals surface area contributed by atoms with Crippen molar-refractivity contribution in [2.24, 2.45) is 0 Å². The van der Waals surface area contributed by atoms with E-state index in [2.05, 4.69) is 5.09 Å². The third kappa shape index (κ3) is 5.50. The standard InChI is InChI=1S/C17H17ClF2N3O6P/c18-12-9-23(16(26)22-15(12)25)14-8-17(19,20)13(28-14)10-27-30(21-6-7-24)29-11-4-2-1-3-5-11/h1-5,7,9,13-14,21H,6,8,10H2,(H,22,25,26). The van der Waals surface area contributed by atoms with Gasteiger partial charge in [0, 0.05) is 6.20 Å². The van der Waals surface area contributed by atoms with Gasteiger partial charge in [0.25, 0.3) is 11.5 Å². The number of nitrogens with zero attached hydrogens (tertiary/aromatic N) is 1. The zero-order chi connectivity index (χ0) is 21.7. The fourth-order valence-corrected chi connectivity index (χ4v) is 3.80. The van der Waals surface area contributed by atoms with E-state index in [-0.39, 0.29) is 11.6 Å². The molecule has 3 rings (SSSR count). The van der Waals surface area contributed by atoms with Gasteiger partial charge in [-0.1, -0.05) is 29.8 Å². The number of nitrogens with one attached hydrogen (secondary N) is 2. The highest BCUT2D eigenvalue weighted by Gasteiger charge is 2.51. The summed E-state index contributed by atoms with van der Waals surface area (Å²) in [5, 5.41) is 2.34. The normalized spacial score (nSPS) is 21.3. The molecule has 162 valence electrons. The summed E-state index contributed by atoms with van der Waals surface area (Å²) in [5.41, 5.74) is -1.75. The first-order chi connectivity index (χ1) is 14.3. The molecule has 3 unspecified atom stereocenters. The topological polar surface area (TPSA) is 112 Å². The van der Waals surface area contributed by atoms with Gasteiger partial charge >= 0.3 is 14.2 Å². The van der Waals surface area contributed by atoms with Crippen LogP contribution in [0.3, 0.4) is 0 Å². The third-order valence-electron chi connectivity index (χ3n) is 4.05. The Labute approximate surface area is 174 Å². The minimum absolute atomic E-state index is 0.103. The second-order valence-electron chi connectivity index (χ2n) is 6.17. The van der Waals surface area contributed by atoms with Crippen molar-refractivity contribution in [3.05, 3.63) is 62.4 Å². The highest BCUT2D eigenvalue weighted by molar-refractivity contribution is 7.45. The fourth-order valence-electron chi connectivity index (χ4n) is 2.63. The number of carbonyl (C=O) groups is 1. The Bertz CT molecular complexity index is 989. The van der Waals surface area contributed by atoms with Gasteiger partial charge in [0.05, 0.1) is 19.6 Å². The summed E-state index contributed by atoms with van der Waals surface area (Å²) in [6.07, 6.45) is -2.33. The Morgan fingerprint density at radius 1 is 1.37 bits per heavy atom. The molecule has 0 saturated carbocycles. The van der Waals surface area contributed by atoms with Gasteiger partial charge in [0.1, 0.15) is 29.4 Å². The van der Waals surface area contributed by atoms with E-state index in [4.69, 9.17) is 25.4 Å². The molecule has 1 fully saturated rings. The predicted molar refractivity (Wildman–Crippen MR) is 104 cm³/mol. The lowest BCUT2D eigenvalue weighted by molar-refractivity contribution is -0.107. The lowest BCUT2D eigenvalue weighted by atomic mass is 10.2. The number of aromatic amines is 1. The Morgan fingerprint density at radius 3 is 2.80 bits per heavy atom. The highest BCUT2D eigenvalue weighted by atomic mass is 35.5. The number of H-pyrrole nitrogens is 1. The van der Waals surface area contributed by atoms with Crippen molar-refractivity contribution in [2.45, 2.75) is 24.7 Å². The predicted octanol–water partition coefficient (Wildman–Crippen LogP) is 2.22. The maximum atomic E-state index is 14.4. The molecule has 0 aliphatic carbocycles. The van der Waals surface area contributed by atoms with Gasteiger partial charge in [-0.15, -0.1) is 0 Å². The van der Waals surface area contributed by atoms with Crippen molar-refractivity contribution in [1.82, 2.24) is 14.6 Å². The third-order valence-corrected chi connectivity index (χ3v) is 5.52. The molecule has 0 spiro atoms. The van der Waals surface area contributed by atoms with Gasteiger partial charge in [-0.25, -0.2) is 18.7 Å². The van der Waals surface area contributed by atoms with E-state index in [9.17, 15) is 23.2 Å². The Hall–Kier alpha value is -2.17. The number of hydrogen-bond donors (Lipinski definition) is 2. The van der Waals surface area contributed by atoms with E-state index >= 15 is 0 Å². The summed E-state index contributed by atoms with van der Waals surface area (Å²) in [4.78, 5) is 35.8. The largest absolute Gasteiger partial charge is 0.436 e. The van der Waals surface area contributed by atoms with Crippen molar-refractivity contribution in [3.8, 4) is 5.75 Å². The fraction of sp³-hybridized carbons (Fsp3) is 0.353. The van der Waals surface area contributed by atoms with Crippen LogP contribution < -0.4 is 20.9 Å². The van der Waals surface area contributed by atoms with Gasteiger partial charge in [0.2, 0.25) is 0 Å². The van der Waals surface area contributed by atoms with E-state index in [1.165, 1.54) is 0 Å². The number of hydrogen-bond acceptors (Lipinski definition) is 7. The molecule has 0 amide bonds. The van der Waals surface area contributed by atoms with Gasteiger partial charge in [-0.3, -0.25) is 14.3 Å². The minimum Gasteiger partial charge on any atom is -0.436 e. The minimum atomic E-state index is -3.33. The smallest absolute Gasteiger partial charge is 0.330 e. The Morgan fingerprint density at radius 2 is 2.10 bits per heavy atom. The summed E-state index contributed by atoms with van der Waals surface area (Å²) in [6.45, 7) is -0.673. The number of aromatic nitrogens is 2. The summed E-state index contributed by atoms with van der Waals surface area (Å²) in [6, 6.07) is 8.49. The summed E-state index contributed by atoms with van der Waals surface area (Å²) in [7, 11) is -1.92. The molecular weight excluding hydrogens is 447 g/mol. The first-order valence-corrected chi connectivity index (χ1v) is 10.2. The van der Waals surface area contributed by atoms with Gasteiger partial charge in [-0.2, -0.15) is 0 Å². The van der Waals surface area contributed by atoms with E-state index < -0.39 is 51.1 Å². The molecule has 1 aliphatic heterocycles. The van der Waals surface area contributed by atoms with Crippen LogP contribution >= 0.6 is 20.1 Å². The molecule has 1 aromatic heterocycles. The number of halogens is 3. The van der Waals surface area contributed by atoms with E-state index in [0.29, 0.717) is 12.0 Å². The zero-order valence-corrected chi connectivity index (χ0v) is 16.9. The van der Waals surface area contributed by atoms with Crippen LogP contribution in [0.1, 0.15) is 12.6 Å². The number of para-hydroxylation sites is 1. The number of ether oxygens (including phenoxy) is 1. The number of carbonyl (C=O) groups excluding carboxylic acids is 1. The molecule has 13 heteroatoms. The lowest BCUT2D eigenvalue weighted by Gasteiger charge is -2.22. The molecule has 1 saturated heterocycles. The van der Waals surface area contributed by atoms with Crippen LogP contribution in [0.5, 0.6) is 5.75 Å². The van der Waals surface area contributed by atoms with E-state index in [1.54, 1.807) is 30.3 Å². The van der Waals surface area contributed by atoms with Crippen molar-refractivity contribution in [1.29, 1.82) is 0 Å². The molecule has 0 bridgehead atoms. The van der Waals surface area contributed by atoms with Crippen molar-refractivity contribution < 1.29 is 27.4 Å². The maximum absolute atomic E-state index is 14.4. The Balaban J connectivity index is 1.68. The molecule has 2 aromatic rings. The van der Waals surface area contributed by atoms with Crippen LogP contribution in [0.2, 0.25) is 5.02 Å². The maximum Gasteiger partial charge on any atom is 0.330 e. The highest BCUT2D eigenvalue weighted by Crippen LogP contribution is 2.43. The molecule has 2 N–H and O–H groups in total. The molecule has 0 radical (unpaired) electrons. The van der Waals surface area contributed by atoms with Crippen molar-refractivity contribution in [2.75, 3.05) is 13.2 Å². The number of benzene rings is 1. The molecule has 3 atom stereocenters. The number of alkyl halides is 2. The zero-order valence-electron chi connectivity index (χ0n) is 15.3. The summed E-state index contributed by atoms with van der Waals surface area (Å²) in [5.74, 6) is -2.90.